The normalized spacial score (nSPS) is 31.3. The smallest absolute Gasteiger partial charge is 0.271 e. The van der Waals surface area contributed by atoms with Gasteiger partial charge in [-0.15, -0.1) is 0 Å². The molecular weight excluding hydrogens is 338 g/mol. The molecule has 4 N–H and O–H groups in total. The number of methoxy groups -OCH3 is 1. The summed E-state index contributed by atoms with van der Waals surface area (Å²) in [6, 6.07) is 0. The Labute approximate surface area is 151 Å². The van der Waals surface area contributed by atoms with Gasteiger partial charge in [0.25, 0.3) is 5.91 Å². The highest BCUT2D eigenvalue weighted by atomic mass is 16.5. The number of nitrogens with two attached hydrogens (primary N) is 1. The first-order chi connectivity index (χ1) is 12.4. The Kier molecular flexibility index (Phi) is 3.89. The number of aromatic nitrogens is 2. The largest absolute Gasteiger partial charge is 0.480 e. The van der Waals surface area contributed by atoms with Crippen molar-refractivity contribution in [2.45, 2.75) is 36.9 Å². The number of ether oxygens (including phenoxy) is 2. The third-order valence-electron chi connectivity index (χ3n) is 6.04. The number of primary amides is 1. The minimum atomic E-state index is -0.615. The molecule has 0 radical (unpaired) electrons. The molecule has 1 aliphatic carbocycles. The third-order valence-corrected chi connectivity index (χ3v) is 6.04. The topological polar surface area (TPSA) is 128 Å². The van der Waals surface area contributed by atoms with Gasteiger partial charge in [-0.3, -0.25) is 14.6 Å². The molecule has 3 aliphatic heterocycles. The molecule has 0 atom stereocenters. The van der Waals surface area contributed by atoms with E-state index in [0.717, 1.165) is 25.9 Å². The van der Waals surface area contributed by atoms with E-state index in [1.54, 1.807) is 0 Å². The van der Waals surface area contributed by atoms with E-state index in [9.17, 15) is 9.59 Å². The van der Waals surface area contributed by atoms with Gasteiger partial charge in [0.05, 0.1) is 36.1 Å². The van der Waals surface area contributed by atoms with Gasteiger partial charge in [-0.1, -0.05) is 0 Å². The van der Waals surface area contributed by atoms with Crippen molar-refractivity contribution in [3.05, 3.63) is 18.1 Å². The van der Waals surface area contributed by atoms with Crippen LogP contribution in [-0.2, 0) is 9.53 Å². The maximum atomic E-state index is 12.4. The number of nitrogens with one attached hydrogen (secondary N) is 2. The SMILES string of the molecule is COc1cncc(C(=O)NCC23CC(C(N)=O)(C2)C2(CCNCC2)O3)n1. The molecule has 2 amide bonds. The quantitative estimate of drug-likeness (QED) is 0.637. The van der Waals surface area contributed by atoms with Crippen molar-refractivity contribution in [3.63, 3.8) is 0 Å². The van der Waals surface area contributed by atoms with Gasteiger partial charge in [-0.25, -0.2) is 4.98 Å². The first kappa shape index (κ1) is 17.2. The van der Waals surface area contributed by atoms with Crippen molar-refractivity contribution in [1.29, 1.82) is 0 Å². The zero-order chi connectivity index (χ0) is 18.4. The van der Waals surface area contributed by atoms with Crippen LogP contribution in [-0.4, -0.2) is 59.7 Å². The molecule has 140 valence electrons. The monoisotopic (exact) mass is 361 g/mol. The molecule has 2 bridgehead atoms. The summed E-state index contributed by atoms with van der Waals surface area (Å²) in [4.78, 5) is 32.6. The van der Waals surface area contributed by atoms with Crippen LogP contribution in [0.25, 0.3) is 0 Å². The van der Waals surface area contributed by atoms with E-state index in [1.807, 2.05) is 0 Å². The van der Waals surface area contributed by atoms with Gasteiger partial charge < -0.3 is 25.8 Å². The third kappa shape index (κ3) is 2.38. The van der Waals surface area contributed by atoms with E-state index >= 15 is 0 Å². The average Bonchev–Trinajstić information content (AvgIpc) is 3.04. The number of nitrogens with zero attached hydrogens (tertiary/aromatic N) is 2. The van der Waals surface area contributed by atoms with Gasteiger partial charge in [-0.05, 0) is 38.8 Å². The van der Waals surface area contributed by atoms with Crippen molar-refractivity contribution in [3.8, 4) is 5.88 Å². The molecule has 4 aliphatic rings. The highest BCUT2D eigenvalue weighted by molar-refractivity contribution is 5.92. The van der Waals surface area contributed by atoms with Crippen LogP contribution in [0.4, 0.5) is 0 Å². The first-order valence-electron chi connectivity index (χ1n) is 8.79. The van der Waals surface area contributed by atoms with Crippen molar-refractivity contribution >= 4 is 11.8 Å². The Morgan fingerprint density at radius 2 is 2.08 bits per heavy atom. The second-order valence-electron chi connectivity index (χ2n) is 7.46. The molecule has 1 spiro atoms. The van der Waals surface area contributed by atoms with Crippen LogP contribution in [0.3, 0.4) is 0 Å². The Hall–Kier alpha value is -2.26. The molecule has 4 heterocycles. The maximum absolute atomic E-state index is 12.4. The summed E-state index contributed by atoms with van der Waals surface area (Å²) in [5, 5.41) is 6.16. The number of piperidine rings is 1. The fourth-order valence-electron chi connectivity index (χ4n) is 4.81. The fraction of sp³-hybridized carbons (Fsp3) is 0.647. The van der Waals surface area contributed by atoms with Crippen molar-refractivity contribution in [2.24, 2.45) is 11.1 Å². The minimum Gasteiger partial charge on any atom is -0.480 e. The first-order valence-corrected chi connectivity index (χ1v) is 8.79. The lowest BCUT2D eigenvalue weighted by Gasteiger charge is -2.47. The Balaban J connectivity index is 1.46. The number of hydrogen-bond donors (Lipinski definition) is 3. The second-order valence-corrected chi connectivity index (χ2v) is 7.46. The number of rotatable bonds is 5. The Bertz CT molecular complexity index is 740. The van der Waals surface area contributed by atoms with E-state index in [0.29, 0.717) is 19.4 Å². The molecular formula is C17H23N5O4. The van der Waals surface area contributed by atoms with Gasteiger partial charge in [0.2, 0.25) is 11.8 Å². The highest BCUT2D eigenvalue weighted by Crippen LogP contribution is 2.68. The molecule has 5 rings (SSSR count). The lowest BCUT2D eigenvalue weighted by Crippen LogP contribution is -2.60. The molecule has 9 heteroatoms. The zero-order valence-electron chi connectivity index (χ0n) is 14.7. The fourth-order valence-corrected chi connectivity index (χ4v) is 4.81. The number of carbonyl (C=O) groups is 2. The lowest BCUT2D eigenvalue weighted by molar-refractivity contribution is -0.137. The average molecular weight is 361 g/mol. The van der Waals surface area contributed by atoms with Crippen LogP contribution in [0.15, 0.2) is 12.4 Å². The summed E-state index contributed by atoms with van der Waals surface area (Å²) in [6.07, 6.45) is 5.44. The minimum absolute atomic E-state index is 0.177. The lowest BCUT2D eigenvalue weighted by atomic mass is 9.53. The molecule has 0 unspecified atom stereocenters. The van der Waals surface area contributed by atoms with Crippen LogP contribution in [0.2, 0.25) is 0 Å². The van der Waals surface area contributed by atoms with Crippen LogP contribution in [0.5, 0.6) is 5.88 Å². The Morgan fingerprint density at radius 3 is 2.73 bits per heavy atom. The molecule has 9 nitrogen and oxygen atoms in total. The summed E-state index contributed by atoms with van der Waals surface area (Å²) in [5.74, 6) is -0.368. The summed E-state index contributed by atoms with van der Waals surface area (Å²) in [6.45, 7) is 1.92. The van der Waals surface area contributed by atoms with E-state index in [4.69, 9.17) is 15.2 Å². The zero-order valence-corrected chi connectivity index (χ0v) is 14.7. The summed E-state index contributed by atoms with van der Waals surface area (Å²) >= 11 is 0. The molecule has 1 aromatic rings. The molecule has 3 saturated heterocycles. The Morgan fingerprint density at radius 1 is 1.35 bits per heavy atom. The van der Waals surface area contributed by atoms with Gasteiger partial charge >= 0.3 is 0 Å². The highest BCUT2D eigenvalue weighted by Gasteiger charge is 2.77. The predicted octanol–water partition coefficient (Wildman–Crippen LogP) is -0.628. The molecule has 1 aromatic heterocycles. The van der Waals surface area contributed by atoms with Gasteiger partial charge in [0, 0.05) is 6.54 Å². The van der Waals surface area contributed by atoms with E-state index in [-0.39, 0.29) is 23.4 Å². The molecule has 4 fully saturated rings. The van der Waals surface area contributed by atoms with E-state index in [1.165, 1.54) is 19.5 Å². The predicted molar refractivity (Wildman–Crippen MR) is 90.4 cm³/mol. The molecule has 26 heavy (non-hydrogen) atoms. The summed E-state index contributed by atoms with van der Waals surface area (Å²) < 4.78 is 11.4. The van der Waals surface area contributed by atoms with Gasteiger partial charge in [-0.2, -0.15) is 0 Å². The van der Waals surface area contributed by atoms with Crippen molar-refractivity contribution in [1.82, 2.24) is 20.6 Å². The number of hydrogen-bond acceptors (Lipinski definition) is 7. The number of amides is 2. The van der Waals surface area contributed by atoms with Crippen LogP contribution in [0.1, 0.15) is 36.2 Å². The number of carbonyl (C=O) groups excluding carboxylic acids is 2. The van der Waals surface area contributed by atoms with Crippen LogP contribution in [0, 0.1) is 5.41 Å². The summed E-state index contributed by atoms with van der Waals surface area (Å²) in [5.41, 5.74) is 4.27. The molecule has 1 saturated carbocycles. The second kappa shape index (κ2) is 5.88. The van der Waals surface area contributed by atoms with Crippen LogP contribution >= 0.6 is 0 Å². The summed E-state index contributed by atoms with van der Waals surface area (Å²) in [7, 11) is 1.47. The van der Waals surface area contributed by atoms with Crippen LogP contribution < -0.4 is 21.1 Å². The van der Waals surface area contributed by atoms with Crippen molar-refractivity contribution in [2.75, 3.05) is 26.7 Å². The van der Waals surface area contributed by atoms with Gasteiger partial charge in [0.15, 0.2) is 0 Å². The van der Waals surface area contributed by atoms with E-state index in [2.05, 4.69) is 20.6 Å². The van der Waals surface area contributed by atoms with Gasteiger partial charge in [0.1, 0.15) is 5.69 Å². The van der Waals surface area contributed by atoms with Crippen molar-refractivity contribution < 1.29 is 19.1 Å². The molecule has 0 aromatic carbocycles. The van der Waals surface area contributed by atoms with E-state index < -0.39 is 16.6 Å². The standard InChI is InChI=1S/C17H23N5O4/c1-25-12-7-20-6-11(22-12)13(23)21-10-15-8-16(9-15,14(18)24)17(26-15)2-4-19-5-3-17/h6-7,19H,2-5,8-10H2,1H3,(H2,18,24)(H,21,23). The maximum Gasteiger partial charge on any atom is 0.271 e.